The molecule has 2 rings (SSSR count). The average Bonchev–Trinajstić information content (AvgIpc) is 2.48. The Labute approximate surface area is 124 Å². The summed E-state index contributed by atoms with van der Waals surface area (Å²) in [5.74, 6) is -0.340. The zero-order valence-corrected chi connectivity index (χ0v) is 12.2. The fraction of sp³-hybridized carbons (Fsp3) is 0.533. The van der Waals surface area contributed by atoms with Gasteiger partial charge in [0.25, 0.3) is 0 Å². The summed E-state index contributed by atoms with van der Waals surface area (Å²) >= 11 is 0. The van der Waals surface area contributed by atoms with Gasteiger partial charge in [-0.25, -0.2) is 4.79 Å². The molecule has 2 heterocycles. The molecule has 114 valence electrons. The van der Waals surface area contributed by atoms with Crippen LogP contribution >= 0.6 is 0 Å². The minimum Gasteiger partial charge on any atom is -0.481 e. The van der Waals surface area contributed by atoms with Gasteiger partial charge in [0.2, 0.25) is 0 Å². The van der Waals surface area contributed by atoms with Gasteiger partial charge in [0.1, 0.15) is 0 Å². The molecule has 6 heteroatoms. The normalized spacial score (nSPS) is 15.8. The first-order valence-corrected chi connectivity index (χ1v) is 7.24. The lowest BCUT2D eigenvalue weighted by Gasteiger charge is -2.32. The molecule has 0 radical (unpaired) electrons. The van der Waals surface area contributed by atoms with Gasteiger partial charge in [-0.2, -0.15) is 0 Å². The standard InChI is InChI=1S/C15H21N3O3/c1-11-4-7-16-10-13(11)17-15(21)18-8-5-12(6-9-18)2-3-14(19)20/h4,7,10,12H,2-3,5-6,8-9H2,1H3,(H,17,21)(H,19,20). The molecule has 0 unspecified atom stereocenters. The molecule has 1 aliphatic rings. The molecular weight excluding hydrogens is 270 g/mol. The lowest BCUT2D eigenvalue weighted by atomic mass is 9.92. The van der Waals surface area contributed by atoms with Crippen molar-refractivity contribution in [3.63, 3.8) is 0 Å². The number of amides is 2. The van der Waals surface area contributed by atoms with E-state index in [0.717, 1.165) is 24.1 Å². The first-order chi connectivity index (χ1) is 10.1. The van der Waals surface area contributed by atoms with Crippen LogP contribution in [0.5, 0.6) is 0 Å². The summed E-state index contributed by atoms with van der Waals surface area (Å²) < 4.78 is 0. The largest absolute Gasteiger partial charge is 0.481 e. The van der Waals surface area contributed by atoms with Crippen molar-refractivity contribution in [1.82, 2.24) is 9.88 Å². The SMILES string of the molecule is Cc1ccncc1NC(=O)N1CCC(CCC(=O)O)CC1. The van der Waals surface area contributed by atoms with E-state index in [0.29, 0.717) is 25.4 Å². The van der Waals surface area contributed by atoms with E-state index in [4.69, 9.17) is 5.11 Å². The Bertz CT molecular complexity index is 511. The number of pyridine rings is 1. The predicted octanol–water partition coefficient (Wildman–Crippen LogP) is 2.50. The van der Waals surface area contributed by atoms with Gasteiger partial charge in [0.15, 0.2) is 0 Å². The van der Waals surface area contributed by atoms with Gasteiger partial charge in [0, 0.05) is 25.7 Å². The van der Waals surface area contributed by atoms with Crippen LogP contribution in [0.3, 0.4) is 0 Å². The molecule has 6 nitrogen and oxygen atoms in total. The number of carboxylic acid groups (broad SMARTS) is 1. The highest BCUT2D eigenvalue weighted by Crippen LogP contribution is 2.22. The molecule has 2 N–H and O–H groups in total. The van der Waals surface area contributed by atoms with Crippen molar-refractivity contribution in [2.75, 3.05) is 18.4 Å². The first-order valence-electron chi connectivity index (χ1n) is 7.24. The van der Waals surface area contributed by atoms with Crippen molar-refractivity contribution in [1.29, 1.82) is 0 Å². The maximum Gasteiger partial charge on any atom is 0.321 e. The molecule has 0 aliphatic carbocycles. The van der Waals surface area contributed by atoms with Crippen LogP contribution in [0.15, 0.2) is 18.5 Å². The monoisotopic (exact) mass is 291 g/mol. The van der Waals surface area contributed by atoms with Crippen LogP contribution in [0, 0.1) is 12.8 Å². The van der Waals surface area contributed by atoms with Crippen molar-refractivity contribution in [2.45, 2.75) is 32.6 Å². The van der Waals surface area contributed by atoms with Crippen molar-refractivity contribution >= 4 is 17.7 Å². The van der Waals surface area contributed by atoms with Crippen molar-refractivity contribution < 1.29 is 14.7 Å². The Hall–Kier alpha value is -2.11. The van der Waals surface area contributed by atoms with Gasteiger partial charge in [0.05, 0.1) is 11.9 Å². The Balaban J connectivity index is 1.81. The van der Waals surface area contributed by atoms with Crippen LogP contribution in [0.4, 0.5) is 10.5 Å². The third-order valence-electron chi connectivity index (χ3n) is 3.95. The number of aliphatic carboxylic acids is 1. The summed E-state index contributed by atoms with van der Waals surface area (Å²) in [4.78, 5) is 28.5. The summed E-state index contributed by atoms with van der Waals surface area (Å²) in [5, 5.41) is 11.6. The highest BCUT2D eigenvalue weighted by atomic mass is 16.4. The number of carbonyl (C=O) groups is 2. The molecule has 0 bridgehead atoms. The van der Waals surface area contributed by atoms with Gasteiger partial charge >= 0.3 is 12.0 Å². The van der Waals surface area contributed by atoms with Gasteiger partial charge in [-0.15, -0.1) is 0 Å². The number of nitrogens with one attached hydrogen (secondary N) is 1. The Kier molecular flexibility index (Phi) is 5.14. The van der Waals surface area contributed by atoms with Crippen LogP contribution < -0.4 is 5.32 Å². The lowest BCUT2D eigenvalue weighted by molar-refractivity contribution is -0.137. The second-order valence-electron chi connectivity index (χ2n) is 5.48. The van der Waals surface area contributed by atoms with Crippen LogP contribution in [0.1, 0.15) is 31.2 Å². The van der Waals surface area contributed by atoms with E-state index in [1.165, 1.54) is 0 Å². The molecule has 0 atom stereocenters. The van der Waals surface area contributed by atoms with E-state index in [-0.39, 0.29) is 12.5 Å². The number of carboxylic acids is 1. The number of rotatable bonds is 4. The number of carbonyl (C=O) groups excluding carboxylic acids is 1. The zero-order chi connectivity index (χ0) is 15.2. The van der Waals surface area contributed by atoms with Crippen molar-refractivity contribution in [3.8, 4) is 0 Å². The average molecular weight is 291 g/mol. The molecule has 0 aromatic carbocycles. The van der Waals surface area contributed by atoms with E-state index in [1.807, 2.05) is 13.0 Å². The summed E-state index contributed by atoms with van der Waals surface area (Å²) in [6.07, 6.45) is 5.99. The first kappa shape index (κ1) is 15.3. The van der Waals surface area contributed by atoms with E-state index in [9.17, 15) is 9.59 Å². The summed E-state index contributed by atoms with van der Waals surface area (Å²) in [6, 6.07) is 1.75. The lowest BCUT2D eigenvalue weighted by Crippen LogP contribution is -2.41. The Morgan fingerprint density at radius 2 is 2.14 bits per heavy atom. The molecule has 1 aromatic rings. The number of hydrogen-bond donors (Lipinski definition) is 2. The molecule has 1 aromatic heterocycles. The van der Waals surface area contributed by atoms with Crippen LogP contribution in [-0.2, 0) is 4.79 Å². The molecule has 0 spiro atoms. The fourth-order valence-electron chi connectivity index (χ4n) is 2.54. The number of aromatic nitrogens is 1. The molecular formula is C15H21N3O3. The third-order valence-corrected chi connectivity index (χ3v) is 3.95. The topological polar surface area (TPSA) is 82.5 Å². The van der Waals surface area contributed by atoms with Crippen molar-refractivity contribution in [3.05, 3.63) is 24.0 Å². The maximum atomic E-state index is 12.2. The Morgan fingerprint density at radius 1 is 1.43 bits per heavy atom. The number of anilines is 1. The predicted molar refractivity (Wildman–Crippen MR) is 79.2 cm³/mol. The number of urea groups is 1. The summed E-state index contributed by atoms with van der Waals surface area (Å²) in [5.41, 5.74) is 1.71. The molecule has 21 heavy (non-hydrogen) atoms. The second kappa shape index (κ2) is 7.06. The minimum atomic E-state index is -0.748. The van der Waals surface area contributed by atoms with E-state index < -0.39 is 5.97 Å². The molecule has 1 aliphatic heterocycles. The number of aryl methyl sites for hydroxylation is 1. The third kappa shape index (κ3) is 4.44. The zero-order valence-electron chi connectivity index (χ0n) is 12.2. The smallest absolute Gasteiger partial charge is 0.321 e. The molecule has 1 saturated heterocycles. The van der Waals surface area contributed by atoms with Crippen molar-refractivity contribution in [2.24, 2.45) is 5.92 Å². The minimum absolute atomic E-state index is 0.109. The summed E-state index contributed by atoms with van der Waals surface area (Å²) in [7, 11) is 0. The highest BCUT2D eigenvalue weighted by Gasteiger charge is 2.23. The number of piperidine rings is 1. The quantitative estimate of drug-likeness (QED) is 0.893. The van der Waals surface area contributed by atoms with E-state index >= 15 is 0 Å². The summed E-state index contributed by atoms with van der Waals surface area (Å²) in [6.45, 7) is 3.28. The highest BCUT2D eigenvalue weighted by molar-refractivity contribution is 5.89. The second-order valence-corrected chi connectivity index (χ2v) is 5.48. The molecule has 1 fully saturated rings. The number of likely N-dealkylation sites (tertiary alicyclic amines) is 1. The van der Waals surface area contributed by atoms with Crippen LogP contribution in [0.25, 0.3) is 0 Å². The van der Waals surface area contributed by atoms with Gasteiger partial charge in [-0.3, -0.25) is 9.78 Å². The van der Waals surface area contributed by atoms with Gasteiger partial charge in [-0.1, -0.05) is 0 Å². The molecule has 0 saturated carbocycles. The Morgan fingerprint density at radius 3 is 2.76 bits per heavy atom. The van der Waals surface area contributed by atoms with Gasteiger partial charge in [-0.05, 0) is 43.7 Å². The molecule has 2 amide bonds. The van der Waals surface area contributed by atoms with E-state index in [2.05, 4.69) is 10.3 Å². The maximum absolute atomic E-state index is 12.2. The number of nitrogens with zero attached hydrogens (tertiary/aromatic N) is 2. The van der Waals surface area contributed by atoms with E-state index in [1.54, 1.807) is 17.3 Å². The fourth-order valence-corrected chi connectivity index (χ4v) is 2.54. The van der Waals surface area contributed by atoms with Crippen LogP contribution in [-0.4, -0.2) is 40.1 Å². The van der Waals surface area contributed by atoms with Crippen LogP contribution in [0.2, 0.25) is 0 Å². The van der Waals surface area contributed by atoms with Gasteiger partial charge < -0.3 is 15.3 Å². The number of hydrogen-bond acceptors (Lipinski definition) is 3.